The lowest BCUT2D eigenvalue weighted by molar-refractivity contribution is 0.541. The minimum absolute atomic E-state index is 0.348. The first kappa shape index (κ1) is 20.2. The number of hydrogen-bond acceptors (Lipinski definition) is 2. The minimum Gasteiger partial charge on any atom is -0.387 e. The highest BCUT2D eigenvalue weighted by atomic mass is 14.9. The summed E-state index contributed by atoms with van der Waals surface area (Å²) in [6.45, 7) is 21.0. The van der Waals surface area contributed by atoms with E-state index in [1.54, 1.807) is 6.08 Å². The Bertz CT molecular complexity index is 542. The molecule has 0 heterocycles. The van der Waals surface area contributed by atoms with Crippen LogP contribution in [0.3, 0.4) is 0 Å². The first-order valence-corrected chi connectivity index (χ1v) is 8.90. The molecular weight excluding hydrogens is 292 g/mol. The SMILES string of the molecule is C=C/C=C\NC/C=C(C)\C(CNCC1(C(=C)C)CC1)=C(/C=C)CC. The molecule has 0 saturated heterocycles. The molecule has 1 saturated carbocycles. The molecule has 0 aliphatic heterocycles. The highest BCUT2D eigenvalue weighted by molar-refractivity contribution is 5.40. The molecule has 132 valence electrons. The summed E-state index contributed by atoms with van der Waals surface area (Å²) in [6, 6.07) is 0. The zero-order valence-electron chi connectivity index (χ0n) is 15.8. The summed E-state index contributed by atoms with van der Waals surface area (Å²) < 4.78 is 0. The van der Waals surface area contributed by atoms with Crippen LogP contribution in [0.1, 0.15) is 40.0 Å². The third-order valence-corrected chi connectivity index (χ3v) is 4.89. The summed E-state index contributed by atoms with van der Waals surface area (Å²) in [5, 5.41) is 6.90. The molecule has 0 spiro atoms. The molecule has 0 aromatic heterocycles. The van der Waals surface area contributed by atoms with Crippen molar-refractivity contribution in [3.05, 3.63) is 72.5 Å². The summed E-state index contributed by atoms with van der Waals surface area (Å²) in [5.41, 5.74) is 5.64. The molecule has 1 aliphatic carbocycles. The summed E-state index contributed by atoms with van der Waals surface area (Å²) in [5.74, 6) is 0. The van der Waals surface area contributed by atoms with Gasteiger partial charge < -0.3 is 10.6 Å². The van der Waals surface area contributed by atoms with Crippen LogP contribution in [0.15, 0.2) is 72.5 Å². The van der Waals surface area contributed by atoms with E-state index in [-0.39, 0.29) is 0 Å². The minimum atomic E-state index is 0.348. The van der Waals surface area contributed by atoms with Crippen LogP contribution < -0.4 is 10.6 Å². The van der Waals surface area contributed by atoms with E-state index in [1.807, 2.05) is 18.4 Å². The Labute approximate surface area is 148 Å². The van der Waals surface area contributed by atoms with E-state index in [4.69, 9.17) is 0 Å². The average molecular weight is 327 g/mol. The molecule has 0 radical (unpaired) electrons. The van der Waals surface area contributed by atoms with Gasteiger partial charge in [0.25, 0.3) is 0 Å². The van der Waals surface area contributed by atoms with E-state index in [1.165, 1.54) is 35.1 Å². The van der Waals surface area contributed by atoms with Crippen molar-refractivity contribution in [3.8, 4) is 0 Å². The zero-order chi connectivity index (χ0) is 18.0. The summed E-state index contributed by atoms with van der Waals surface area (Å²) >= 11 is 0. The van der Waals surface area contributed by atoms with Crippen molar-refractivity contribution >= 4 is 0 Å². The van der Waals surface area contributed by atoms with Gasteiger partial charge >= 0.3 is 0 Å². The van der Waals surface area contributed by atoms with Crippen LogP contribution in [-0.2, 0) is 0 Å². The van der Waals surface area contributed by atoms with Gasteiger partial charge in [0.2, 0.25) is 0 Å². The maximum absolute atomic E-state index is 4.15. The van der Waals surface area contributed by atoms with Gasteiger partial charge in [-0.05, 0) is 62.1 Å². The lowest BCUT2D eigenvalue weighted by Crippen LogP contribution is -2.27. The standard InChI is InChI=1S/C22H34N2/c1-7-10-14-23-15-11-19(6)21(20(8-2)9-3)16-24-17-22(12-13-22)18(4)5/h7-8,10-11,14,23-24H,1-2,4,9,12-13,15-17H2,3,5-6H3/b14-10-,19-11-,21-20+. The number of hydrogen-bond donors (Lipinski definition) is 2. The van der Waals surface area contributed by atoms with Crippen LogP contribution in [0.4, 0.5) is 0 Å². The van der Waals surface area contributed by atoms with Crippen LogP contribution in [0.5, 0.6) is 0 Å². The van der Waals surface area contributed by atoms with Crippen LogP contribution in [-0.4, -0.2) is 19.6 Å². The lowest BCUT2D eigenvalue weighted by atomic mass is 9.96. The van der Waals surface area contributed by atoms with E-state index in [2.05, 4.69) is 57.2 Å². The first-order valence-electron chi connectivity index (χ1n) is 8.90. The van der Waals surface area contributed by atoms with E-state index >= 15 is 0 Å². The summed E-state index contributed by atoms with van der Waals surface area (Å²) in [7, 11) is 0. The Hall–Kier alpha value is -1.80. The monoisotopic (exact) mass is 326 g/mol. The van der Waals surface area contributed by atoms with Gasteiger partial charge in [0.1, 0.15) is 0 Å². The quantitative estimate of drug-likeness (QED) is 0.297. The predicted molar refractivity (Wildman–Crippen MR) is 108 cm³/mol. The Balaban J connectivity index is 2.70. The molecule has 1 rings (SSSR count). The van der Waals surface area contributed by atoms with E-state index in [9.17, 15) is 0 Å². The largest absolute Gasteiger partial charge is 0.387 e. The van der Waals surface area contributed by atoms with Crippen LogP contribution in [0.25, 0.3) is 0 Å². The second-order valence-electron chi connectivity index (χ2n) is 6.62. The van der Waals surface area contributed by atoms with Gasteiger partial charge in [0.05, 0.1) is 0 Å². The summed E-state index contributed by atoms with van der Waals surface area (Å²) in [4.78, 5) is 0. The molecule has 1 aliphatic rings. The molecule has 2 N–H and O–H groups in total. The van der Waals surface area contributed by atoms with Gasteiger partial charge in [-0.2, -0.15) is 0 Å². The molecule has 1 fully saturated rings. The first-order chi connectivity index (χ1) is 11.5. The van der Waals surface area contributed by atoms with E-state index in [0.29, 0.717) is 5.41 Å². The van der Waals surface area contributed by atoms with Crippen molar-refractivity contribution in [1.29, 1.82) is 0 Å². The van der Waals surface area contributed by atoms with E-state index < -0.39 is 0 Å². The summed E-state index contributed by atoms with van der Waals surface area (Å²) in [6.07, 6.45) is 13.3. The predicted octanol–water partition coefficient (Wildman–Crippen LogP) is 5.06. The van der Waals surface area contributed by atoms with Crippen molar-refractivity contribution in [2.75, 3.05) is 19.6 Å². The van der Waals surface area contributed by atoms with Gasteiger partial charge in [-0.25, -0.2) is 0 Å². The molecule has 0 amide bonds. The topological polar surface area (TPSA) is 24.1 Å². The van der Waals surface area contributed by atoms with Gasteiger partial charge in [-0.1, -0.05) is 50.5 Å². The van der Waals surface area contributed by atoms with Crippen molar-refractivity contribution in [2.24, 2.45) is 5.41 Å². The van der Waals surface area contributed by atoms with Crippen molar-refractivity contribution in [1.82, 2.24) is 10.6 Å². The normalized spacial score (nSPS) is 17.4. The van der Waals surface area contributed by atoms with Gasteiger partial charge in [-0.3, -0.25) is 0 Å². The molecular formula is C22H34N2. The molecule has 0 aromatic carbocycles. The molecule has 24 heavy (non-hydrogen) atoms. The third kappa shape index (κ3) is 6.01. The maximum atomic E-state index is 4.15. The Morgan fingerprint density at radius 3 is 2.42 bits per heavy atom. The van der Waals surface area contributed by atoms with Crippen molar-refractivity contribution in [3.63, 3.8) is 0 Å². The Morgan fingerprint density at radius 1 is 1.21 bits per heavy atom. The van der Waals surface area contributed by atoms with Crippen molar-refractivity contribution < 1.29 is 0 Å². The lowest BCUT2D eigenvalue weighted by Gasteiger charge is -2.19. The molecule has 2 nitrogen and oxygen atoms in total. The molecule has 0 aromatic rings. The fourth-order valence-corrected chi connectivity index (χ4v) is 2.86. The average Bonchev–Trinajstić information content (AvgIpc) is 3.35. The van der Waals surface area contributed by atoms with Gasteiger partial charge in [-0.15, -0.1) is 0 Å². The van der Waals surface area contributed by atoms with Crippen molar-refractivity contribution in [2.45, 2.75) is 40.0 Å². The fourth-order valence-electron chi connectivity index (χ4n) is 2.86. The zero-order valence-corrected chi connectivity index (χ0v) is 15.8. The molecule has 0 atom stereocenters. The third-order valence-electron chi connectivity index (χ3n) is 4.89. The van der Waals surface area contributed by atoms with E-state index in [0.717, 1.165) is 26.1 Å². The smallest absolute Gasteiger partial charge is 0.0330 e. The maximum Gasteiger partial charge on any atom is 0.0330 e. The number of nitrogens with one attached hydrogen (secondary N) is 2. The Kier molecular flexibility index (Phi) is 8.56. The van der Waals surface area contributed by atoms with Crippen LogP contribution in [0.2, 0.25) is 0 Å². The van der Waals surface area contributed by atoms with Crippen LogP contribution >= 0.6 is 0 Å². The number of rotatable bonds is 12. The molecule has 0 bridgehead atoms. The molecule has 0 unspecified atom stereocenters. The Morgan fingerprint density at radius 2 is 1.92 bits per heavy atom. The highest BCUT2D eigenvalue weighted by Gasteiger charge is 2.42. The highest BCUT2D eigenvalue weighted by Crippen LogP contribution is 2.50. The van der Waals surface area contributed by atoms with Gasteiger partial charge in [0, 0.05) is 25.0 Å². The fraction of sp³-hybridized carbons (Fsp3) is 0.455. The number of allylic oxidation sites excluding steroid dienone is 4. The second kappa shape index (κ2) is 10.1. The second-order valence-corrected chi connectivity index (χ2v) is 6.62. The van der Waals surface area contributed by atoms with Crippen LogP contribution in [0, 0.1) is 5.41 Å². The molecule has 2 heteroatoms. The van der Waals surface area contributed by atoms with Gasteiger partial charge in [0.15, 0.2) is 0 Å².